The number of nitrogens with one attached hydrogen (secondary N) is 1. The summed E-state index contributed by atoms with van der Waals surface area (Å²) in [7, 11) is 0. The van der Waals surface area contributed by atoms with Gasteiger partial charge in [0.15, 0.2) is 0 Å². The summed E-state index contributed by atoms with van der Waals surface area (Å²) in [6, 6.07) is 16.3. The summed E-state index contributed by atoms with van der Waals surface area (Å²) in [6.45, 7) is 8.98. The molecule has 30 heavy (non-hydrogen) atoms. The lowest BCUT2D eigenvalue weighted by Crippen LogP contribution is -2.50. The maximum Gasteiger partial charge on any atom is 0.321 e. The number of rotatable bonds is 3. The number of aryl methyl sites for hydroxylation is 3. The van der Waals surface area contributed by atoms with Gasteiger partial charge in [0.05, 0.1) is 5.69 Å². The van der Waals surface area contributed by atoms with Crippen molar-refractivity contribution >= 4 is 17.5 Å². The van der Waals surface area contributed by atoms with Crippen LogP contribution in [0, 0.1) is 20.8 Å². The van der Waals surface area contributed by atoms with Crippen molar-refractivity contribution < 1.29 is 4.79 Å². The first-order valence-electron chi connectivity index (χ1n) is 10.3. The molecule has 0 radical (unpaired) electrons. The van der Waals surface area contributed by atoms with Gasteiger partial charge in [-0.3, -0.25) is 0 Å². The van der Waals surface area contributed by atoms with E-state index in [4.69, 9.17) is 0 Å². The monoisotopic (exact) mass is 401 g/mol. The zero-order valence-electron chi connectivity index (χ0n) is 17.7. The van der Waals surface area contributed by atoms with Crippen LogP contribution in [0.1, 0.15) is 16.7 Å². The minimum absolute atomic E-state index is 0.0546. The van der Waals surface area contributed by atoms with Crippen molar-refractivity contribution in [3.05, 3.63) is 71.5 Å². The van der Waals surface area contributed by atoms with Gasteiger partial charge in [-0.2, -0.15) is 0 Å². The van der Waals surface area contributed by atoms with Crippen LogP contribution in [-0.4, -0.2) is 47.1 Å². The molecule has 154 valence electrons. The molecule has 2 heterocycles. The average molecular weight is 402 g/mol. The molecular weight excluding hydrogens is 374 g/mol. The van der Waals surface area contributed by atoms with Crippen molar-refractivity contribution in [2.24, 2.45) is 0 Å². The SMILES string of the molecule is Cc1cccc(-c2cc(N3CCN(C(=O)Nc4ccc(C)c(C)c4)CC3)ncn2)c1. The van der Waals surface area contributed by atoms with Crippen molar-refractivity contribution in [2.45, 2.75) is 20.8 Å². The second kappa shape index (κ2) is 8.53. The van der Waals surface area contributed by atoms with Crippen molar-refractivity contribution in [3.8, 4) is 11.3 Å². The first-order chi connectivity index (χ1) is 14.5. The molecule has 6 nitrogen and oxygen atoms in total. The van der Waals surface area contributed by atoms with Crippen LogP contribution in [0.5, 0.6) is 0 Å². The zero-order valence-corrected chi connectivity index (χ0v) is 17.7. The second-order valence-corrected chi connectivity index (χ2v) is 7.83. The third-order valence-corrected chi connectivity index (χ3v) is 5.62. The molecule has 0 atom stereocenters. The van der Waals surface area contributed by atoms with Gasteiger partial charge in [0.1, 0.15) is 12.1 Å². The third kappa shape index (κ3) is 4.43. The van der Waals surface area contributed by atoms with Crippen molar-refractivity contribution in [2.75, 3.05) is 36.4 Å². The van der Waals surface area contributed by atoms with Gasteiger partial charge in [-0.15, -0.1) is 0 Å². The van der Waals surface area contributed by atoms with E-state index in [1.54, 1.807) is 6.33 Å². The first-order valence-corrected chi connectivity index (χ1v) is 10.3. The summed E-state index contributed by atoms with van der Waals surface area (Å²) in [5.41, 5.74) is 6.44. The van der Waals surface area contributed by atoms with Crippen LogP contribution < -0.4 is 10.2 Å². The largest absolute Gasteiger partial charge is 0.353 e. The summed E-state index contributed by atoms with van der Waals surface area (Å²) in [5.74, 6) is 0.899. The third-order valence-electron chi connectivity index (χ3n) is 5.62. The molecule has 1 aliphatic heterocycles. The first kappa shape index (κ1) is 19.9. The van der Waals surface area contributed by atoms with Crippen LogP contribution in [-0.2, 0) is 0 Å². The van der Waals surface area contributed by atoms with Gasteiger partial charge in [-0.25, -0.2) is 14.8 Å². The van der Waals surface area contributed by atoms with E-state index in [0.717, 1.165) is 35.9 Å². The van der Waals surface area contributed by atoms with E-state index in [1.807, 2.05) is 35.2 Å². The van der Waals surface area contributed by atoms with Gasteiger partial charge < -0.3 is 15.1 Å². The summed E-state index contributed by atoms with van der Waals surface area (Å²) >= 11 is 0. The Morgan fingerprint density at radius 1 is 0.900 bits per heavy atom. The Bertz CT molecular complexity index is 1060. The number of hydrogen-bond acceptors (Lipinski definition) is 4. The minimum Gasteiger partial charge on any atom is -0.353 e. The van der Waals surface area contributed by atoms with Gasteiger partial charge >= 0.3 is 6.03 Å². The Kier molecular flexibility index (Phi) is 5.65. The van der Waals surface area contributed by atoms with E-state index < -0.39 is 0 Å². The van der Waals surface area contributed by atoms with Gasteiger partial charge in [0, 0.05) is 43.5 Å². The molecule has 1 saturated heterocycles. The molecular formula is C24H27N5O. The van der Waals surface area contributed by atoms with Crippen molar-refractivity contribution in [1.82, 2.24) is 14.9 Å². The Hall–Kier alpha value is -3.41. The van der Waals surface area contributed by atoms with Crippen LogP contribution in [0.2, 0.25) is 0 Å². The molecule has 0 unspecified atom stereocenters. The topological polar surface area (TPSA) is 61.4 Å². The number of carbonyl (C=O) groups excluding carboxylic acids is 1. The maximum atomic E-state index is 12.6. The second-order valence-electron chi connectivity index (χ2n) is 7.83. The standard InChI is InChI=1S/C24H27N5O/c1-17-5-4-6-20(13-17)22-15-23(26-16-25-22)28-9-11-29(12-10-28)24(30)27-21-8-7-18(2)19(3)14-21/h4-8,13-16H,9-12H2,1-3H3,(H,27,30). The van der Waals surface area contributed by atoms with Crippen molar-refractivity contribution in [1.29, 1.82) is 0 Å². The summed E-state index contributed by atoms with van der Waals surface area (Å²) in [4.78, 5) is 25.6. The highest BCUT2D eigenvalue weighted by molar-refractivity contribution is 5.89. The van der Waals surface area contributed by atoms with E-state index in [0.29, 0.717) is 13.1 Å². The molecule has 1 aliphatic rings. The quantitative estimate of drug-likeness (QED) is 0.706. The minimum atomic E-state index is -0.0546. The number of piperazine rings is 1. The van der Waals surface area contributed by atoms with Crippen LogP contribution in [0.3, 0.4) is 0 Å². The maximum absolute atomic E-state index is 12.6. The molecule has 2 aromatic carbocycles. The van der Waals surface area contributed by atoms with E-state index in [2.05, 4.69) is 59.2 Å². The molecule has 3 aromatic rings. The van der Waals surface area contributed by atoms with Crippen molar-refractivity contribution in [3.63, 3.8) is 0 Å². The highest BCUT2D eigenvalue weighted by Crippen LogP contribution is 2.22. The number of nitrogens with zero attached hydrogens (tertiary/aromatic N) is 4. The molecule has 4 rings (SSSR count). The Morgan fingerprint density at radius 3 is 2.43 bits per heavy atom. The molecule has 0 saturated carbocycles. The predicted molar refractivity (Wildman–Crippen MR) is 121 cm³/mol. The number of aromatic nitrogens is 2. The molecule has 0 spiro atoms. The lowest BCUT2D eigenvalue weighted by atomic mass is 10.1. The number of urea groups is 1. The van der Waals surface area contributed by atoms with Gasteiger partial charge in [-0.1, -0.05) is 29.8 Å². The van der Waals surface area contributed by atoms with E-state index in [1.165, 1.54) is 16.7 Å². The molecule has 1 N–H and O–H groups in total. The highest BCUT2D eigenvalue weighted by atomic mass is 16.2. The lowest BCUT2D eigenvalue weighted by Gasteiger charge is -2.35. The number of anilines is 2. The van der Waals surface area contributed by atoms with Crippen LogP contribution in [0.15, 0.2) is 54.9 Å². The zero-order chi connectivity index (χ0) is 21.1. The Balaban J connectivity index is 1.39. The van der Waals surface area contributed by atoms with Crippen LogP contribution >= 0.6 is 0 Å². The summed E-state index contributed by atoms with van der Waals surface area (Å²) < 4.78 is 0. The lowest BCUT2D eigenvalue weighted by molar-refractivity contribution is 0.208. The molecule has 6 heteroatoms. The molecule has 1 fully saturated rings. The van der Waals surface area contributed by atoms with E-state index in [-0.39, 0.29) is 6.03 Å². The number of carbonyl (C=O) groups is 1. The van der Waals surface area contributed by atoms with Gasteiger partial charge in [0.2, 0.25) is 0 Å². The van der Waals surface area contributed by atoms with E-state index >= 15 is 0 Å². The average Bonchev–Trinajstić information content (AvgIpc) is 2.76. The molecule has 2 amide bonds. The van der Waals surface area contributed by atoms with E-state index in [9.17, 15) is 4.79 Å². The number of hydrogen-bond donors (Lipinski definition) is 1. The summed E-state index contributed by atoms with van der Waals surface area (Å²) in [6.07, 6.45) is 1.62. The Labute approximate surface area is 177 Å². The molecule has 0 bridgehead atoms. The van der Waals surface area contributed by atoms with Gasteiger partial charge in [0.25, 0.3) is 0 Å². The number of amides is 2. The van der Waals surface area contributed by atoms with Gasteiger partial charge in [-0.05, 0) is 50.1 Å². The number of benzene rings is 2. The Morgan fingerprint density at radius 2 is 1.70 bits per heavy atom. The highest BCUT2D eigenvalue weighted by Gasteiger charge is 2.22. The predicted octanol–water partition coefficient (Wildman–Crippen LogP) is 4.42. The molecule has 0 aliphatic carbocycles. The summed E-state index contributed by atoms with van der Waals surface area (Å²) in [5, 5.41) is 3.01. The normalized spacial score (nSPS) is 14.0. The fourth-order valence-electron chi connectivity index (χ4n) is 3.64. The smallest absolute Gasteiger partial charge is 0.321 e. The molecule has 1 aromatic heterocycles. The van der Waals surface area contributed by atoms with Crippen LogP contribution in [0.4, 0.5) is 16.3 Å². The van der Waals surface area contributed by atoms with Crippen LogP contribution in [0.25, 0.3) is 11.3 Å². The fourth-order valence-corrected chi connectivity index (χ4v) is 3.64. The fraction of sp³-hybridized carbons (Fsp3) is 0.292.